The second-order valence-corrected chi connectivity index (χ2v) is 11.1. The van der Waals surface area contributed by atoms with Crippen LogP contribution in [0.15, 0.2) is 102 Å². The largest absolute Gasteiger partial charge is 0.497 e. The molecule has 4 aromatic carbocycles. The average Bonchev–Trinajstić information content (AvgIpc) is 3.27. The number of para-hydroxylation sites is 1. The first kappa shape index (κ1) is 28.0. The number of aromatic nitrogens is 1. The van der Waals surface area contributed by atoms with Crippen molar-refractivity contribution in [3.05, 3.63) is 119 Å². The number of hydrogen-bond donors (Lipinski definition) is 1. The van der Waals surface area contributed by atoms with Crippen molar-refractivity contribution in [2.24, 2.45) is 0 Å². The zero-order valence-electron chi connectivity index (χ0n) is 22.1. The number of amides is 1. The molecule has 41 heavy (non-hydrogen) atoms. The van der Waals surface area contributed by atoms with Crippen molar-refractivity contribution in [2.75, 3.05) is 7.11 Å². The molecule has 1 aromatic heterocycles. The SMILES string of the molecule is COc1ccc(-c2c(C(=O)NS(=O)(=O)c3ccccc3C)n(Cc3cccc(C(F)(F)F)c3)c3ccccc23)cc1. The Kier molecular flexibility index (Phi) is 7.35. The number of fused-ring (bicyclic) bond motifs is 1. The third-order valence-corrected chi connectivity index (χ3v) is 8.26. The van der Waals surface area contributed by atoms with Gasteiger partial charge in [-0.2, -0.15) is 13.2 Å². The molecule has 210 valence electrons. The normalized spacial score (nSPS) is 11.9. The second kappa shape index (κ2) is 10.8. The van der Waals surface area contributed by atoms with E-state index in [4.69, 9.17) is 4.74 Å². The predicted molar refractivity (Wildman–Crippen MR) is 150 cm³/mol. The number of methoxy groups -OCH3 is 1. The van der Waals surface area contributed by atoms with Crippen molar-refractivity contribution >= 4 is 26.8 Å². The fourth-order valence-electron chi connectivity index (χ4n) is 4.87. The summed E-state index contributed by atoms with van der Waals surface area (Å²) in [4.78, 5) is 13.9. The Morgan fingerprint density at radius 3 is 2.27 bits per heavy atom. The van der Waals surface area contributed by atoms with Gasteiger partial charge in [0.1, 0.15) is 11.4 Å². The van der Waals surface area contributed by atoms with Gasteiger partial charge in [0.05, 0.1) is 17.6 Å². The van der Waals surface area contributed by atoms with Gasteiger partial charge in [0.15, 0.2) is 0 Å². The van der Waals surface area contributed by atoms with Crippen LogP contribution < -0.4 is 9.46 Å². The number of hydrogen-bond acceptors (Lipinski definition) is 4. The van der Waals surface area contributed by atoms with E-state index in [2.05, 4.69) is 4.72 Å². The van der Waals surface area contributed by atoms with Gasteiger partial charge in [-0.1, -0.05) is 60.7 Å². The maximum absolute atomic E-state index is 14.0. The summed E-state index contributed by atoms with van der Waals surface area (Å²) >= 11 is 0. The number of carbonyl (C=O) groups is 1. The summed E-state index contributed by atoms with van der Waals surface area (Å²) in [6.45, 7) is 1.50. The highest BCUT2D eigenvalue weighted by molar-refractivity contribution is 7.90. The maximum atomic E-state index is 14.0. The molecule has 0 saturated carbocycles. The van der Waals surface area contributed by atoms with Crippen LogP contribution in [0.2, 0.25) is 0 Å². The summed E-state index contributed by atoms with van der Waals surface area (Å²) < 4.78 is 76.1. The number of halogens is 3. The molecule has 0 fully saturated rings. The van der Waals surface area contributed by atoms with Gasteiger partial charge < -0.3 is 9.30 Å². The lowest BCUT2D eigenvalue weighted by Gasteiger charge is -2.15. The highest BCUT2D eigenvalue weighted by atomic mass is 32.2. The van der Waals surface area contributed by atoms with Crippen molar-refractivity contribution in [2.45, 2.75) is 24.5 Å². The fraction of sp³-hybridized carbons (Fsp3) is 0.129. The van der Waals surface area contributed by atoms with Gasteiger partial charge in [0.2, 0.25) is 0 Å². The first-order valence-electron chi connectivity index (χ1n) is 12.5. The summed E-state index contributed by atoms with van der Waals surface area (Å²) in [6.07, 6.45) is -4.55. The topological polar surface area (TPSA) is 77.4 Å². The molecule has 0 unspecified atom stereocenters. The van der Waals surface area contributed by atoms with Gasteiger partial charge in [-0.15, -0.1) is 0 Å². The van der Waals surface area contributed by atoms with E-state index in [1.807, 2.05) is 0 Å². The molecule has 10 heteroatoms. The van der Waals surface area contributed by atoms with Gasteiger partial charge in [-0.05, 0) is 60.0 Å². The number of sulfonamides is 1. The molecule has 6 nitrogen and oxygen atoms in total. The fourth-order valence-corrected chi connectivity index (χ4v) is 6.07. The molecule has 5 aromatic rings. The lowest BCUT2D eigenvalue weighted by atomic mass is 10.0. The van der Waals surface area contributed by atoms with Gasteiger partial charge in [0, 0.05) is 23.0 Å². The zero-order chi connectivity index (χ0) is 29.4. The van der Waals surface area contributed by atoms with Crippen LogP contribution in [0.4, 0.5) is 13.2 Å². The van der Waals surface area contributed by atoms with Crippen LogP contribution in [0.1, 0.15) is 27.2 Å². The molecule has 1 N–H and O–H groups in total. The maximum Gasteiger partial charge on any atom is 0.416 e. The first-order chi connectivity index (χ1) is 19.5. The number of rotatable bonds is 7. The van der Waals surface area contributed by atoms with Crippen molar-refractivity contribution in [3.8, 4) is 16.9 Å². The van der Waals surface area contributed by atoms with E-state index in [0.717, 1.165) is 12.1 Å². The molecule has 1 amide bonds. The first-order valence-corrected chi connectivity index (χ1v) is 14.0. The monoisotopic (exact) mass is 578 g/mol. The summed E-state index contributed by atoms with van der Waals surface area (Å²) in [6, 6.07) is 25.0. The van der Waals surface area contributed by atoms with E-state index in [-0.39, 0.29) is 22.7 Å². The predicted octanol–water partition coefficient (Wildman–Crippen LogP) is 6.81. The highest BCUT2D eigenvalue weighted by Gasteiger charge is 2.31. The van der Waals surface area contributed by atoms with E-state index >= 15 is 0 Å². The van der Waals surface area contributed by atoms with Crippen LogP contribution in [0.5, 0.6) is 5.75 Å². The van der Waals surface area contributed by atoms with Crippen LogP contribution in [0.25, 0.3) is 22.0 Å². The van der Waals surface area contributed by atoms with Crippen molar-refractivity contribution in [3.63, 3.8) is 0 Å². The number of nitrogens with zero attached hydrogens (tertiary/aromatic N) is 1. The number of alkyl halides is 3. The van der Waals surface area contributed by atoms with E-state index < -0.39 is 27.7 Å². The molecule has 0 spiro atoms. The van der Waals surface area contributed by atoms with Crippen molar-refractivity contribution < 1.29 is 31.1 Å². The van der Waals surface area contributed by atoms with E-state index in [1.54, 1.807) is 78.2 Å². The summed E-state index contributed by atoms with van der Waals surface area (Å²) in [7, 11) is -2.76. The Labute approximate surface area is 235 Å². The Morgan fingerprint density at radius 1 is 0.902 bits per heavy atom. The zero-order valence-corrected chi connectivity index (χ0v) is 22.9. The third-order valence-electron chi connectivity index (χ3n) is 6.77. The Hall–Kier alpha value is -4.57. The van der Waals surface area contributed by atoms with Crippen LogP contribution in [0.3, 0.4) is 0 Å². The second-order valence-electron chi connectivity index (χ2n) is 9.45. The number of nitrogens with one attached hydrogen (secondary N) is 1. The Bertz CT molecular complexity index is 1860. The molecule has 0 aliphatic carbocycles. The minimum atomic E-state index is -4.55. The number of carbonyl (C=O) groups excluding carboxylic acids is 1. The van der Waals surface area contributed by atoms with E-state index in [1.165, 1.54) is 25.3 Å². The molecule has 0 atom stereocenters. The van der Waals surface area contributed by atoms with E-state index in [0.29, 0.717) is 33.3 Å². The number of ether oxygens (including phenoxy) is 1. The van der Waals surface area contributed by atoms with Crippen LogP contribution >= 0.6 is 0 Å². The number of benzene rings is 4. The van der Waals surface area contributed by atoms with Gasteiger partial charge in [-0.3, -0.25) is 4.79 Å². The van der Waals surface area contributed by atoms with Crippen LogP contribution in [0, 0.1) is 6.92 Å². The highest BCUT2D eigenvalue weighted by Crippen LogP contribution is 2.37. The lowest BCUT2D eigenvalue weighted by molar-refractivity contribution is -0.137. The summed E-state index contributed by atoms with van der Waals surface area (Å²) in [5, 5.41) is 0.628. The third kappa shape index (κ3) is 5.55. The molecular formula is C31H25F3N2O4S. The van der Waals surface area contributed by atoms with Crippen molar-refractivity contribution in [1.82, 2.24) is 9.29 Å². The molecule has 0 bridgehead atoms. The van der Waals surface area contributed by atoms with Crippen LogP contribution in [-0.4, -0.2) is 26.0 Å². The minimum absolute atomic E-state index is 0.00839. The molecular weight excluding hydrogens is 553 g/mol. The Balaban J connectivity index is 1.72. The van der Waals surface area contributed by atoms with Crippen LogP contribution in [-0.2, 0) is 22.7 Å². The quantitative estimate of drug-likeness (QED) is 0.230. The van der Waals surface area contributed by atoms with Gasteiger partial charge >= 0.3 is 6.18 Å². The molecule has 0 saturated heterocycles. The smallest absolute Gasteiger partial charge is 0.416 e. The van der Waals surface area contributed by atoms with Crippen molar-refractivity contribution in [1.29, 1.82) is 0 Å². The standard InChI is InChI=1S/C31H25F3N2O4S/c1-20-8-3-6-13-27(20)41(38,39)35-30(37)29-28(22-14-16-24(40-2)17-15-22)25-11-4-5-12-26(25)36(29)19-21-9-7-10-23(18-21)31(32,33)34/h3-18H,19H2,1-2H3,(H,35,37). The minimum Gasteiger partial charge on any atom is -0.497 e. The van der Waals surface area contributed by atoms with E-state index in [9.17, 15) is 26.4 Å². The number of aryl methyl sites for hydroxylation is 1. The molecule has 0 aliphatic heterocycles. The molecule has 0 radical (unpaired) electrons. The lowest BCUT2D eigenvalue weighted by Crippen LogP contribution is -2.33. The summed E-state index contributed by atoms with van der Waals surface area (Å²) in [5.74, 6) is -0.336. The molecule has 0 aliphatic rings. The Morgan fingerprint density at radius 2 is 1.59 bits per heavy atom. The van der Waals surface area contributed by atoms with Gasteiger partial charge in [0.25, 0.3) is 15.9 Å². The molecule has 5 rings (SSSR count). The van der Waals surface area contributed by atoms with Gasteiger partial charge in [-0.25, -0.2) is 13.1 Å². The average molecular weight is 579 g/mol. The summed E-state index contributed by atoms with van der Waals surface area (Å²) in [5.41, 5.74) is 1.50. The molecule has 1 heterocycles.